The summed E-state index contributed by atoms with van der Waals surface area (Å²) in [4.78, 5) is 32.2. The minimum absolute atomic E-state index is 0.0160. The molecule has 0 unspecified atom stereocenters. The fourth-order valence-corrected chi connectivity index (χ4v) is 4.84. The van der Waals surface area contributed by atoms with Crippen LogP contribution in [0.25, 0.3) is 10.9 Å². The molecule has 0 spiro atoms. The predicted molar refractivity (Wildman–Crippen MR) is 111 cm³/mol. The number of rotatable bonds is 3. The maximum absolute atomic E-state index is 13.4. The van der Waals surface area contributed by atoms with Crippen LogP contribution in [0, 0.1) is 17.7 Å². The van der Waals surface area contributed by atoms with Crippen LogP contribution < -0.4 is 0 Å². The number of benzene rings is 1. The van der Waals surface area contributed by atoms with Gasteiger partial charge in [0, 0.05) is 55.1 Å². The Morgan fingerprint density at radius 1 is 1.03 bits per heavy atom. The minimum Gasteiger partial charge on any atom is -0.361 e. The van der Waals surface area contributed by atoms with Crippen molar-refractivity contribution in [1.29, 1.82) is 0 Å². The SMILES string of the molecule is CC(C)C(=O)N1CCC(C(=O)N2CCC(c3c[nH]c4cc(F)ccc34)CC2)CC1. The molecule has 29 heavy (non-hydrogen) atoms. The molecule has 1 aromatic heterocycles. The number of hydrogen-bond acceptors (Lipinski definition) is 2. The summed E-state index contributed by atoms with van der Waals surface area (Å²) in [5, 5.41) is 1.08. The van der Waals surface area contributed by atoms with E-state index in [2.05, 4.69) is 4.98 Å². The molecule has 1 aromatic carbocycles. The first kappa shape index (κ1) is 19.9. The first-order valence-electron chi connectivity index (χ1n) is 10.8. The summed E-state index contributed by atoms with van der Waals surface area (Å²) in [5.41, 5.74) is 2.06. The second-order valence-corrected chi connectivity index (χ2v) is 8.79. The van der Waals surface area contributed by atoms with Gasteiger partial charge in [0.05, 0.1) is 0 Å². The van der Waals surface area contributed by atoms with Crippen molar-refractivity contribution < 1.29 is 14.0 Å². The number of nitrogens with one attached hydrogen (secondary N) is 1. The molecule has 0 saturated carbocycles. The number of H-pyrrole nitrogens is 1. The van der Waals surface area contributed by atoms with Crippen LogP contribution in [0.1, 0.15) is 51.0 Å². The van der Waals surface area contributed by atoms with Crippen molar-refractivity contribution in [2.24, 2.45) is 11.8 Å². The Morgan fingerprint density at radius 2 is 1.69 bits per heavy atom. The van der Waals surface area contributed by atoms with Crippen LogP contribution in [0.3, 0.4) is 0 Å². The Morgan fingerprint density at radius 3 is 2.34 bits per heavy atom. The molecule has 156 valence electrons. The summed E-state index contributed by atoms with van der Waals surface area (Å²) < 4.78 is 13.4. The Bertz CT molecular complexity index is 891. The molecule has 6 heteroatoms. The summed E-state index contributed by atoms with van der Waals surface area (Å²) in [7, 11) is 0. The van der Waals surface area contributed by atoms with Gasteiger partial charge in [-0.15, -0.1) is 0 Å². The fourth-order valence-electron chi connectivity index (χ4n) is 4.84. The lowest BCUT2D eigenvalue weighted by molar-refractivity contribution is -0.142. The van der Waals surface area contributed by atoms with E-state index in [1.165, 1.54) is 17.7 Å². The molecule has 0 radical (unpaired) electrons. The van der Waals surface area contributed by atoms with Gasteiger partial charge >= 0.3 is 0 Å². The van der Waals surface area contributed by atoms with Gasteiger partial charge in [-0.3, -0.25) is 9.59 Å². The first-order chi connectivity index (χ1) is 13.9. The van der Waals surface area contributed by atoms with Crippen molar-refractivity contribution in [2.45, 2.75) is 45.4 Å². The molecule has 0 aliphatic carbocycles. The molecule has 2 fully saturated rings. The molecule has 1 N–H and O–H groups in total. The van der Waals surface area contributed by atoms with Crippen molar-refractivity contribution in [2.75, 3.05) is 26.2 Å². The zero-order valence-corrected chi connectivity index (χ0v) is 17.3. The summed E-state index contributed by atoms with van der Waals surface area (Å²) in [6.45, 7) is 6.76. The third-order valence-electron chi connectivity index (χ3n) is 6.57. The van der Waals surface area contributed by atoms with Gasteiger partial charge in [-0.1, -0.05) is 13.8 Å². The summed E-state index contributed by atoms with van der Waals surface area (Å²) in [6.07, 6.45) is 5.39. The second-order valence-electron chi connectivity index (χ2n) is 8.79. The summed E-state index contributed by atoms with van der Waals surface area (Å²) in [6, 6.07) is 4.89. The highest BCUT2D eigenvalue weighted by molar-refractivity contribution is 5.84. The summed E-state index contributed by atoms with van der Waals surface area (Å²) >= 11 is 0. The molecule has 2 aromatic rings. The molecule has 5 nitrogen and oxygen atoms in total. The van der Waals surface area contributed by atoms with Crippen LogP contribution in [0.2, 0.25) is 0 Å². The lowest BCUT2D eigenvalue weighted by Gasteiger charge is -2.37. The van der Waals surface area contributed by atoms with Crippen molar-refractivity contribution >= 4 is 22.7 Å². The molecule has 3 heterocycles. The predicted octanol–water partition coefficient (Wildman–Crippen LogP) is 3.91. The zero-order valence-electron chi connectivity index (χ0n) is 17.3. The van der Waals surface area contributed by atoms with Crippen molar-refractivity contribution in [3.05, 3.63) is 35.8 Å². The van der Waals surface area contributed by atoms with E-state index < -0.39 is 0 Å². The fraction of sp³-hybridized carbons (Fsp3) is 0.565. The van der Waals surface area contributed by atoms with Crippen LogP contribution in [-0.2, 0) is 9.59 Å². The number of likely N-dealkylation sites (tertiary alicyclic amines) is 2. The summed E-state index contributed by atoms with van der Waals surface area (Å²) in [5.74, 6) is 0.661. The largest absolute Gasteiger partial charge is 0.361 e. The Hall–Kier alpha value is -2.37. The Balaban J connectivity index is 1.32. The molecule has 0 bridgehead atoms. The maximum Gasteiger partial charge on any atom is 0.225 e. The minimum atomic E-state index is -0.229. The van der Waals surface area contributed by atoms with Gasteiger partial charge < -0.3 is 14.8 Å². The molecular weight excluding hydrogens is 369 g/mol. The molecule has 2 aliphatic rings. The van der Waals surface area contributed by atoms with Crippen molar-refractivity contribution in [1.82, 2.24) is 14.8 Å². The van der Waals surface area contributed by atoms with Crippen molar-refractivity contribution in [3.63, 3.8) is 0 Å². The van der Waals surface area contributed by atoms with Crippen LogP contribution in [-0.4, -0.2) is 52.8 Å². The lowest BCUT2D eigenvalue weighted by atomic mass is 9.87. The lowest BCUT2D eigenvalue weighted by Crippen LogP contribution is -2.47. The van der Waals surface area contributed by atoms with Crippen LogP contribution in [0.4, 0.5) is 4.39 Å². The maximum atomic E-state index is 13.4. The number of nitrogens with zero attached hydrogens (tertiary/aromatic N) is 2. The molecule has 2 amide bonds. The highest BCUT2D eigenvalue weighted by atomic mass is 19.1. The quantitative estimate of drug-likeness (QED) is 0.851. The van der Waals surface area contributed by atoms with Gasteiger partial charge in [0.15, 0.2) is 0 Å². The average molecular weight is 400 g/mol. The second kappa shape index (κ2) is 8.17. The van der Waals surface area contributed by atoms with Gasteiger partial charge in [-0.2, -0.15) is 0 Å². The topological polar surface area (TPSA) is 56.4 Å². The zero-order chi connectivity index (χ0) is 20.5. The number of aromatic nitrogens is 1. The Kier molecular flexibility index (Phi) is 5.61. The number of aromatic amines is 1. The number of halogens is 1. The monoisotopic (exact) mass is 399 g/mol. The highest BCUT2D eigenvalue weighted by Crippen LogP contribution is 2.34. The number of carbonyl (C=O) groups is 2. The smallest absolute Gasteiger partial charge is 0.225 e. The third kappa shape index (κ3) is 4.02. The van der Waals surface area contributed by atoms with E-state index >= 15 is 0 Å². The highest BCUT2D eigenvalue weighted by Gasteiger charge is 2.33. The number of fused-ring (bicyclic) bond motifs is 1. The van der Waals surface area contributed by atoms with Crippen molar-refractivity contribution in [3.8, 4) is 0 Å². The van der Waals surface area contributed by atoms with Gasteiger partial charge in [-0.05, 0) is 55.4 Å². The molecular formula is C23H30FN3O2. The Labute approximate surface area is 171 Å². The molecule has 2 aliphatic heterocycles. The van der Waals surface area contributed by atoms with Crippen LogP contribution in [0.15, 0.2) is 24.4 Å². The van der Waals surface area contributed by atoms with Crippen LogP contribution >= 0.6 is 0 Å². The van der Waals surface area contributed by atoms with Gasteiger partial charge in [0.2, 0.25) is 11.8 Å². The van der Waals surface area contributed by atoms with E-state index in [-0.39, 0.29) is 29.5 Å². The van der Waals surface area contributed by atoms with E-state index in [1.807, 2.05) is 35.9 Å². The number of hydrogen-bond donors (Lipinski definition) is 1. The number of amides is 2. The van der Waals surface area contributed by atoms with E-state index in [4.69, 9.17) is 0 Å². The van der Waals surface area contributed by atoms with Gasteiger partial charge in [0.1, 0.15) is 5.82 Å². The molecule has 0 atom stereocenters. The van der Waals surface area contributed by atoms with E-state index in [1.54, 1.807) is 0 Å². The van der Waals surface area contributed by atoms with E-state index in [0.717, 1.165) is 49.7 Å². The first-order valence-corrected chi connectivity index (χ1v) is 10.8. The molecule has 4 rings (SSSR count). The third-order valence-corrected chi connectivity index (χ3v) is 6.57. The van der Waals surface area contributed by atoms with Gasteiger partial charge in [-0.25, -0.2) is 4.39 Å². The van der Waals surface area contributed by atoms with Crippen LogP contribution in [0.5, 0.6) is 0 Å². The van der Waals surface area contributed by atoms with E-state index in [9.17, 15) is 14.0 Å². The van der Waals surface area contributed by atoms with Gasteiger partial charge in [0.25, 0.3) is 0 Å². The van der Waals surface area contributed by atoms with E-state index in [0.29, 0.717) is 19.0 Å². The number of piperidine rings is 2. The standard InChI is InChI=1S/C23H30FN3O2/c1-15(2)22(28)26-11-7-17(8-12-26)23(29)27-9-5-16(6-10-27)20-14-25-21-13-18(24)3-4-19(20)21/h3-4,13-17,25H,5-12H2,1-2H3. The molecule has 2 saturated heterocycles. The number of carbonyl (C=O) groups excluding carboxylic acids is 2. The normalized spacial score (nSPS) is 19.3. The average Bonchev–Trinajstić information content (AvgIpc) is 3.16.